The van der Waals surface area contributed by atoms with E-state index in [2.05, 4.69) is 19.2 Å². The van der Waals surface area contributed by atoms with Crippen LogP contribution in [0.4, 0.5) is 8.78 Å². The minimum absolute atomic E-state index is 0. The second-order valence-electron chi connectivity index (χ2n) is 7.18. The van der Waals surface area contributed by atoms with Gasteiger partial charge in [-0.2, -0.15) is 0 Å². The lowest BCUT2D eigenvalue weighted by molar-refractivity contribution is -0.134. The summed E-state index contributed by atoms with van der Waals surface area (Å²) in [5, 5.41) is 2.55. The molecule has 0 aromatic heterocycles. The topological polar surface area (TPSA) is 75.4 Å². The molecule has 1 heterocycles. The number of nitrogens with two attached hydrogens (primary N) is 1. The number of hydrogen-bond acceptors (Lipinski definition) is 3. The maximum absolute atomic E-state index is 13.5. The number of carbonyl (C=O) groups is 2. The number of nitrogens with one attached hydrogen (secondary N) is 1. The maximum Gasteiger partial charge on any atom is 0.254 e. The van der Waals surface area contributed by atoms with Crippen molar-refractivity contribution in [1.82, 2.24) is 10.2 Å². The molecule has 1 unspecified atom stereocenters. The number of benzene rings is 1. The predicted octanol–water partition coefficient (Wildman–Crippen LogP) is 2.48. The van der Waals surface area contributed by atoms with E-state index in [1.165, 1.54) is 0 Å². The van der Waals surface area contributed by atoms with Crippen LogP contribution in [0.5, 0.6) is 0 Å². The molecule has 146 valence electrons. The minimum atomic E-state index is -0.902. The van der Waals surface area contributed by atoms with Gasteiger partial charge < -0.3 is 16.0 Å². The van der Waals surface area contributed by atoms with E-state index < -0.39 is 17.5 Å². The zero-order valence-corrected chi connectivity index (χ0v) is 15.9. The maximum atomic E-state index is 13.5. The van der Waals surface area contributed by atoms with E-state index in [9.17, 15) is 18.4 Å². The van der Waals surface area contributed by atoms with Gasteiger partial charge in [0.2, 0.25) is 5.91 Å². The van der Waals surface area contributed by atoms with Gasteiger partial charge in [0.25, 0.3) is 5.91 Å². The fraction of sp³-hybridized carbons (Fsp3) is 0.556. The Morgan fingerprint density at radius 3 is 2.65 bits per heavy atom. The van der Waals surface area contributed by atoms with Crippen molar-refractivity contribution >= 4 is 24.2 Å². The first-order chi connectivity index (χ1) is 11.7. The normalized spacial score (nSPS) is 18.8. The van der Waals surface area contributed by atoms with Crippen molar-refractivity contribution < 1.29 is 18.4 Å². The Morgan fingerprint density at radius 2 is 2.04 bits per heavy atom. The van der Waals surface area contributed by atoms with E-state index in [-0.39, 0.29) is 41.9 Å². The molecule has 26 heavy (non-hydrogen) atoms. The first kappa shape index (κ1) is 22.3. The summed E-state index contributed by atoms with van der Waals surface area (Å²) in [7, 11) is 0. The number of carbonyl (C=O) groups excluding carboxylic acids is 2. The van der Waals surface area contributed by atoms with Crippen molar-refractivity contribution in [1.29, 1.82) is 0 Å². The number of hydrogen-bond donors (Lipinski definition) is 2. The monoisotopic (exact) mass is 389 g/mol. The summed E-state index contributed by atoms with van der Waals surface area (Å²) in [4.78, 5) is 25.9. The van der Waals surface area contributed by atoms with Gasteiger partial charge in [-0.25, -0.2) is 8.78 Å². The molecule has 1 aliphatic heterocycles. The summed E-state index contributed by atoms with van der Waals surface area (Å²) in [5.41, 5.74) is 5.75. The van der Waals surface area contributed by atoms with Crippen molar-refractivity contribution in [3.05, 3.63) is 35.4 Å². The summed E-state index contributed by atoms with van der Waals surface area (Å²) in [5.74, 6) is -2.22. The van der Waals surface area contributed by atoms with Gasteiger partial charge in [0.05, 0.1) is 5.56 Å². The van der Waals surface area contributed by atoms with Crippen LogP contribution in [0.25, 0.3) is 0 Å². The highest BCUT2D eigenvalue weighted by Crippen LogP contribution is 2.28. The quantitative estimate of drug-likeness (QED) is 0.760. The molecule has 0 aliphatic carbocycles. The van der Waals surface area contributed by atoms with Gasteiger partial charge in [0.1, 0.15) is 11.6 Å². The highest BCUT2D eigenvalue weighted by atomic mass is 35.5. The zero-order chi connectivity index (χ0) is 18.6. The first-order valence-electron chi connectivity index (χ1n) is 8.47. The second-order valence-corrected chi connectivity index (χ2v) is 7.18. The summed E-state index contributed by atoms with van der Waals surface area (Å²) in [6.07, 6.45) is 1.53. The molecular formula is C18H26ClF2N3O2. The third-order valence-corrected chi connectivity index (χ3v) is 4.69. The Bertz CT molecular complexity index is 655. The average molecular weight is 390 g/mol. The van der Waals surface area contributed by atoms with E-state index in [0.717, 1.165) is 18.6 Å². The van der Waals surface area contributed by atoms with Gasteiger partial charge in [-0.3, -0.25) is 9.59 Å². The lowest BCUT2D eigenvalue weighted by Gasteiger charge is -2.42. The molecule has 2 amide bonds. The summed E-state index contributed by atoms with van der Waals surface area (Å²) >= 11 is 0. The van der Waals surface area contributed by atoms with E-state index in [1.807, 2.05) is 4.90 Å². The van der Waals surface area contributed by atoms with E-state index >= 15 is 0 Å². The van der Waals surface area contributed by atoms with Gasteiger partial charge >= 0.3 is 0 Å². The van der Waals surface area contributed by atoms with Gasteiger partial charge in [-0.15, -0.1) is 12.4 Å². The van der Waals surface area contributed by atoms with Crippen molar-refractivity contribution in [2.45, 2.75) is 39.2 Å². The number of nitrogens with zero attached hydrogens (tertiary/aromatic N) is 1. The molecule has 8 heteroatoms. The molecule has 1 atom stereocenters. The lowest BCUT2D eigenvalue weighted by atomic mass is 9.79. The average Bonchev–Trinajstić information content (AvgIpc) is 2.53. The van der Waals surface area contributed by atoms with Crippen LogP contribution >= 0.6 is 12.4 Å². The van der Waals surface area contributed by atoms with Crippen LogP contribution in [-0.4, -0.2) is 42.4 Å². The van der Waals surface area contributed by atoms with Crippen molar-refractivity contribution in [3.63, 3.8) is 0 Å². The third kappa shape index (κ3) is 5.64. The van der Waals surface area contributed by atoms with Crippen LogP contribution in [-0.2, 0) is 4.79 Å². The molecule has 0 saturated carbocycles. The molecule has 3 N–H and O–H groups in total. The van der Waals surface area contributed by atoms with Crippen molar-refractivity contribution in [2.75, 3.05) is 19.6 Å². The highest BCUT2D eigenvalue weighted by Gasteiger charge is 2.34. The molecule has 0 spiro atoms. The largest absolute Gasteiger partial charge is 0.352 e. The van der Waals surface area contributed by atoms with Crippen LogP contribution in [0.3, 0.4) is 0 Å². The summed E-state index contributed by atoms with van der Waals surface area (Å²) in [6, 6.07) is 2.89. The standard InChI is InChI=1S/C18H25F2N3O2.ClH/c1-18(2)11-23(9-7-15(18)21)16(24)4-3-8-22-17(25)13-6-5-12(19)10-14(13)20;/h5-6,10,15H,3-4,7-9,11,21H2,1-2H3,(H,22,25);1H. The minimum Gasteiger partial charge on any atom is -0.352 e. The van der Waals surface area contributed by atoms with Crippen LogP contribution in [0, 0.1) is 17.0 Å². The highest BCUT2D eigenvalue weighted by molar-refractivity contribution is 5.94. The number of halogens is 3. The molecule has 1 aliphatic rings. The van der Waals surface area contributed by atoms with Gasteiger partial charge in [0, 0.05) is 38.2 Å². The molecular weight excluding hydrogens is 364 g/mol. The Hall–Kier alpha value is -1.73. The molecule has 2 rings (SSSR count). The van der Waals surface area contributed by atoms with E-state index in [0.29, 0.717) is 32.0 Å². The van der Waals surface area contributed by atoms with Gasteiger partial charge in [0.15, 0.2) is 0 Å². The fourth-order valence-electron chi connectivity index (χ4n) is 2.96. The lowest BCUT2D eigenvalue weighted by Crippen LogP contribution is -2.54. The van der Waals surface area contributed by atoms with Crippen LogP contribution < -0.4 is 11.1 Å². The zero-order valence-electron chi connectivity index (χ0n) is 15.1. The fourth-order valence-corrected chi connectivity index (χ4v) is 2.96. The smallest absolute Gasteiger partial charge is 0.254 e. The number of likely N-dealkylation sites (tertiary alicyclic amines) is 1. The van der Waals surface area contributed by atoms with Crippen molar-refractivity contribution in [3.8, 4) is 0 Å². The Labute approximate surface area is 158 Å². The van der Waals surface area contributed by atoms with Crippen LogP contribution in [0.15, 0.2) is 18.2 Å². The SMILES string of the molecule is CC1(C)CN(C(=O)CCCNC(=O)c2ccc(F)cc2F)CCC1N.Cl. The van der Waals surface area contributed by atoms with Gasteiger partial charge in [-0.1, -0.05) is 13.8 Å². The molecule has 1 aromatic rings. The summed E-state index contributed by atoms with van der Waals surface area (Å²) < 4.78 is 26.4. The van der Waals surface area contributed by atoms with Crippen molar-refractivity contribution in [2.24, 2.45) is 11.1 Å². The molecule has 0 radical (unpaired) electrons. The molecule has 1 aromatic carbocycles. The summed E-state index contributed by atoms with van der Waals surface area (Å²) in [6.45, 7) is 5.62. The van der Waals surface area contributed by atoms with Gasteiger partial charge in [-0.05, 0) is 30.4 Å². The molecule has 5 nitrogen and oxygen atoms in total. The van der Waals surface area contributed by atoms with Crippen LogP contribution in [0.2, 0.25) is 0 Å². The number of piperidine rings is 1. The Balaban J connectivity index is 0.00000338. The second kappa shape index (κ2) is 9.28. The van der Waals surface area contributed by atoms with E-state index in [1.54, 1.807) is 0 Å². The molecule has 0 bridgehead atoms. The predicted molar refractivity (Wildman–Crippen MR) is 98.1 cm³/mol. The molecule has 1 fully saturated rings. The number of rotatable bonds is 5. The first-order valence-corrected chi connectivity index (χ1v) is 8.47. The number of amides is 2. The van der Waals surface area contributed by atoms with E-state index in [4.69, 9.17) is 5.73 Å². The Kier molecular flexibility index (Phi) is 7.96. The third-order valence-electron chi connectivity index (χ3n) is 4.69. The Morgan fingerprint density at radius 1 is 1.35 bits per heavy atom. The van der Waals surface area contributed by atoms with Crippen LogP contribution in [0.1, 0.15) is 43.5 Å². The molecule has 1 saturated heterocycles.